The molecule has 5 heteroatoms. The fourth-order valence-corrected chi connectivity index (χ4v) is 1.15. The monoisotopic (exact) mass is 204 g/mol. The molecular formula is C9H11F3N2. The van der Waals surface area contributed by atoms with Gasteiger partial charge in [-0.25, -0.2) is 0 Å². The van der Waals surface area contributed by atoms with Gasteiger partial charge in [-0.2, -0.15) is 13.2 Å². The quantitative estimate of drug-likeness (QED) is 0.803. The van der Waals surface area contributed by atoms with Gasteiger partial charge in [-0.3, -0.25) is 4.98 Å². The van der Waals surface area contributed by atoms with E-state index in [0.29, 0.717) is 5.56 Å². The van der Waals surface area contributed by atoms with Crippen molar-refractivity contribution < 1.29 is 13.2 Å². The van der Waals surface area contributed by atoms with Crippen molar-refractivity contribution in [1.82, 2.24) is 4.98 Å². The zero-order chi connectivity index (χ0) is 10.8. The average molecular weight is 204 g/mol. The van der Waals surface area contributed by atoms with Crippen molar-refractivity contribution in [3.05, 3.63) is 29.6 Å². The molecule has 2 nitrogen and oxygen atoms in total. The van der Waals surface area contributed by atoms with Gasteiger partial charge in [-0.15, -0.1) is 0 Å². The summed E-state index contributed by atoms with van der Waals surface area (Å²) in [6.07, 6.45) is -2.31. The highest BCUT2D eigenvalue weighted by atomic mass is 19.4. The molecule has 0 saturated carbocycles. The molecule has 0 aromatic carbocycles. The zero-order valence-corrected chi connectivity index (χ0v) is 7.67. The SMILES string of the molecule is Cc1cncc([C@H](N)CC(F)(F)F)c1. The lowest BCUT2D eigenvalue weighted by molar-refractivity contribution is -0.138. The molecule has 0 fully saturated rings. The van der Waals surface area contributed by atoms with Crippen molar-refractivity contribution in [1.29, 1.82) is 0 Å². The van der Waals surface area contributed by atoms with Gasteiger partial charge < -0.3 is 5.73 Å². The molecule has 0 bridgehead atoms. The summed E-state index contributed by atoms with van der Waals surface area (Å²) in [5, 5.41) is 0. The first-order valence-electron chi connectivity index (χ1n) is 4.12. The largest absolute Gasteiger partial charge is 0.390 e. The van der Waals surface area contributed by atoms with Gasteiger partial charge in [0, 0.05) is 18.4 Å². The Labute approximate surface area is 79.9 Å². The first-order valence-corrected chi connectivity index (χ1v) is 4.12. The summed E-state index contributed by atoms with van der Waals surface area (Å²) < 4.78 is 36.0. The number of hydrogen-bond donors (Lipinski definition) is 1. The van der Waals surface area contributed by atoms with Gasteiger partial charge >= 0.3 is 6.18 Å². The number of nitrogens with zero attached hydrogens (tertiary/aromatic N) is 1. The standard InChI is InChI=1S/C9H11F3N2/c1-6-2-7(5-14-4-6)8(13)3-9(10,11)12/h2,4-5,8H,3,13H2,1H3/t8-/m1/s1. The van der Waals surface area contributed by atoms with E-state index >= 15 is 0 Å². The maximum atomic E-state index is 12.0. The van der Waals surface area contributed by atoms with Crippen LogP contribution in [0.4, 0.5) is 13.2 Å². The van der Waals surface area contributed by atoms with E-state index in [1.165, 1.54) is 6.20 Å². The predicted octanol–water partition coefficient (Wildman–Crippen LogP) is 2.34. The molecule has 14 heavy (non-hydrogen) atoms. The Hall–Kier alpha value is -1.10. The van der Waals surface area contributed by atoms with Crippen LogP contribution >= 0.6 is 0 Å². The third-order valence-electron chi connectivity index (χ3n) is 1.78. The number of pyridine rings is 1. The molecule has 0 spiro atoms. The fourth-order valence-electron chi connectivity index (χ4n) is 1.15. The van der Waals surface area contributed by atoms with Gasteiger partial charge in [0.2, 0.25) is 0 Å². The van der Waals surface area contributed by atoms with Gasteiger partial charge in [0.05, 0.1) is 6.42 Å². The molecule has 1 aromatic rings. The minimum Gasteiger partial charge on any atom is -0.324 e. The van der Waals surface area contributed by atoms with Crippen molar-refractivity contribution in [2.24, 2.45) is 5.73 Å². The van der Waals surface area contributed by atoms with Crippen LogP contribution in [-0.4, -0.2) is 11.2 Å². The van der Waals surface area contributed by atoms with Crippen LogP contribution in [-0.2, 0) is 0 Å². The van der Waals surface area contributed by atoms with E-state index in [4.69, 9.17) is 5.73 Å². The number of hydrogen-bond acceptors (Lipinski definition) is 2. The minimum atomic E-state index is -4.23. The van der Waals surface area contributed by atoms with E-state index in [0.717, 1.165) is 5.56 Å². The van der Waals surface area contributed by atoms with Gasteiger partial charge in [0.25, 0.3) is 0 Å². The summed E-state index contributed by atoms with van der Waals surface area (Å²) >= 11 is 0. The first kappa shape index (κ1) is 11.0. The summed E-state index contributed by atoms with van der Waals surface area (Å²) in [5.74, 6) is 0. The summed E-state index contributed by atoms with van der Waals surface area (Å²) in [7, 11) is 0. The molecule has 78 valence electrons. The van der Waals surface area contributed by atoms with Crippen LogP contribution in [0.1, 0.15) is 23.6 Å². The lowest BCUT2D eigenvalue weighted by Crippen LogP contribution is -2.20. The number of nitrogens with two attached hydrogens (primary N) is 1. The number of rotatable bonds is 2. The van der Waals surface area contributed by atoms with Crippen LogP contribution in [0.15, 0.2) is 18.5 Å². The smallest absolute Gasteiger partial charge is 0.324 e. The van der Waals surface area contributed by atoms with Crippen LogP contribution in [0, 0.1) is 6.92 Å². The van der Waals surface area contributed by atoms with E-state index < -0.39 is 18.6 Å². The van der Waals surface area contributed by atoms with Crippen molar-refractivity contribution in [3.8, 4) is 0 Å². The lowest BCUT2D eigenvalue weighted by atomic mass is 10.1. The Bertz CT molecular complexity index is 309. The topological polar surface area (TPSA) is 38.9 Å². The Morgan fingerprint density at radius 2 is 2.07 bits per heavy atom. The highest BCUT2D eigenvalue weighted by Gasteiger charge is 2.30. The molecule has 1 heterocycles. The Balaban J connectivity index is 2.74. The van der Waals surface area contributed by atoms with Crippen molar-refractivity contribution in [2.45, 2.75) is 25.6 Å². The normalized spacial score (nSPS) is 14.1. The van der Waals surface area contributed by atoms with Crippen molar-refractivity contribution >= 4 is 0 Å². The number of alkyl halides is 3. The molecular weight excluding hydrogens is 193 g/mol. The molecule has 2 N–H and O–H groups in total. The second-order valence-corrected chi connectivity index (χ2v) is 3.22. The van der Waals surface area contributed by atoms with Crippen LogP contribution in [0.5, 0.6) is 0 Å². The Morgan fingerprint density at radius 3 is 2.57 bits per heavy atom. The van der Waals surface area contributed by atoms with Gasteiger partial charge in [0.15, 0.2) is 0 Å². The third kappa shape index (κ3) is 3.33. The summed E-state index contributed by atoms with van der Waals surface area (Å²) in [4.78, 5) is 3.79. The van der Waals surface area contributed by atoms with Crippen molar-refractivity contribution in [2.75, 3.05) is 0 Å². The molecule has 0 amide bonds. The number of aryl methyl sites for hydroxylation is 1. The van der Waals surface area contributed by atoms with E-state index in [-0.39, 0.29) is 0 Å². The first-order chi connectivity index (χ1) is 6.38. The zero-order valence-electron chi connectivity index (χ0n) is 7.67. The number of aromatic nitrogens is 1. The Morgan fingerprint density at radius 1 is 1.43 bits per heavy atom. The highest BCUT2D eigenvalue weighted by Crippen LogP contribution is 2.27. The van der Waals surface area contributed by atoms with E-state index in [9.17, 15) is 13.2 Å². The predicted molar refractivity (Wildman–Crippen MR) is 46.6 cm³/mol. The molecule has 0 aliphatic carbocycles. The molecule has 0 aliphatic rings. The van der Waals surface area contributed by atoms with Crippen molar-refractivity contribution in [3.63, 3.8) is 0 Å². The molecule has 0 saturated heterocycles. The average Bonchev–Trinajstić information content (AvgIpc) is 2.01. The fraction of sp³-hybridized carbons (Fsp3) is 0.444. The van der Waals surface area contributed by atoms with Gasteiger partial charge in [-0.05, 0) is 18.1 Å². The van der Waals surface area contributed by atoms with Gasteiger partial charge in [0.1, 0.15) is 0 Å². The van der Waals surface area contributed by atoms with E-state index in [2.05, 4.69) is 4.98 Å². The minimum absolute atomic E-state index is 0.419. The summed E-state index contributed by atoms with van der Waals surface area (Å²) in [6, 6.07) is 0.589. The van der Waals surface area contributed by atoms with E-state index in [1.807, 2.05) is 0 Å². The van der Waals surface area contributed by atoms with Crippen LogP contribution < -0.4 is 5.73 Å². The molecule has 0 unspecified atom stereocenters. The second-order valence-electron chi connectivity index (χ2n) is 3.22. The van der Waals surface area contributed by atoms with E-state index in [1.54, 1.807) is 19.2 Å². The number of halogens is 3. The summed E-state index contributed by atoms with van der Waals surface area (Å²) in [6.45, 7) is 1.76. The Kier molecular flexibility index (Phi) is 3.10. The van der Waals surface area contributed by atoms with Crippen LogP contribution in [0.3, 0.4) is 0 Å². The molecule has 0 radical (unpaired) electrons. The molecule has 1 aromatic heterocycles. The molecule has 1 atom stereocenters. The highest BCUT2D eigenvalue weighted by molar-refractivity contribution is 5.19. The second kappa shape index (κ2) is 3.96. The van der Waals surface area contributed by atoms with Crippen LogP contribution in [0.2, 0.25) is 0 Å². The maximum Gasteiger partial charge on any atom is 0.390 e. The summed E-state index contributed by atoms with van der Waals surface area (Å²) in [5.41, 5.74) is 6.61. The molecule has 0 aliphatic heterocycles. The molecule has 1 rings (SSSR count). The lowest BCUT2D eigenvalue weighted by Gasteiger charge is -2.14. The maximum absolute atomic E-state index is 12.0. The van der Waals surface area contributed by atoms with Gasteiger partial charge in [-0.1, -0.05) is 6.07 Å². The third-order valence-corrected chi connectivity index (χ3v) is 1.78. The van der Waals surface area contributed by atoms with Crippen LogP contribution in [0.25, 0.3) is 0 Å².